The summed E-state index contributed by atoms with van der Waals surface area (Å²) in [4.78, 5) is 26.6. The van der Waals surface area contributed by atoms with Crippen LogP contribution in [0.1, 0.15) is 38.3 Å². The van der Waals surface area contributed by atoms with Crippen LogP contribution in [0.4, 0.5) is 17.3 Å². The predicted molar refractivity (Wildman–Crippen MR) is 99.9 cm³/mol. The zero-order valence-corrected chi connectivity index (χ0v) is 14.9. The van der Waals surface area contributed by atoms with Gasteiger partial charge in [0.25, 0.3) is 0 Å². The lowest BCUT2D eigenvalue weighted by molar-refractivity contribution is -0.117. The number of hydrogen-bond donors (Lipinski definition) is 1. The maximum absolute atomic E-state index is 12.5. The minimum Gasteiger partial charge on any atom is -0.347 e. The van der Waals surface area contributed by atoms with Crippen molar-refractivity contribution in [3.05, 3.63) is 53.6 Å². The number of amides is 1. The van der Waals surface area contributed by atoms with E-state index in [9.17, 15) is 4.79 Å². The van der Waals surface area contributed by atoms with Crippen LogP contribution >= 0.6 is 0 Å². The Morgan fingerprint density at radius 3 is 2.65 bits per heavy atom. The molecule has 3 atom stereocenters. The molecule has 1 saturated carbocycles. The van der Waals surface area contributed by atoms with E-state index in [1.165, 1.54) is 0 Å². The second kappa shape index (κ2) is 6.41. The Labute approximate surface area is 153 Å². The number of carbonyl (C=O) groups excluding carboxylic acids is 1. The van der Waals surface area contributed by atoms with Gasteiger partial charge in [-0.15, -0.1) is 0 Å². The number of nitrogens with zero attached hydrogens (tertiary/aromatic N) is 4. The highest BCUT2D eigenvalue weighted by Gasteiger charge is 2.47. The van der Waals surface area contributed by atoms with Gasteiger partial charge in [-0.2, -0.15) is 0 Å². The number of anilines is 2. The number of hydrogen-bond acceptors (Lipinski definition) is 4. The van der Waals surface area contributed by atoms with Crippen molar-refractivity contribution in [1.82, 2.24) is 9.97 Å². The highest BCUT2D eigenvalue weighted by Crippen LogP contribution is 2.50. The number of benzene rings is 1. The monoisotopic (exact) mass is 347 g/mol. The van der Waals surface area contributed by atoms with E-state index in [4.69, 9.17) is 6.57 Å². The molecule has 0 unspecified atom stereocenters. The van der Waals surface area contributed by atoms with E-state index >= 15 is 0 Å². The van der Waals surface area contributed by atoms with Gasteiger partial charge in [0.1, 0.15) is 0 Å². The first kappa shape index (κ1) is 16.5. The van der Waals surface area contributed by atoms with Crippen molar-refractivity contribution in [2.24, 2.45) is 11.8 Å². The molecule has 0 spiro atoms. The summed E-state index contributed by atoms with van der Waals surface area (Å²) in [5, 5.41) is 3.45. The molecule has 0 saturated heterocycles. The molecule has 1 aliphatic carbocycles. The second-order valence-corrected chi connectivity index (χ2v) is 7.13. The summed E-state index contributed by atoms with van der Waals surface area (Å²) < 4.78 is 0. The fourth-order valence-electron chi connectivity index (χ4n) is 4.14. The van der Waals surface area contributed by atoms with Gasteiger partial charge in [-0.3, -0.25) is 4.79 Å². The zero-order chi connectivity index (χ0) is 18.3. The maximum Gasteiger partial charge on any atom is 0.224 e. The maximum atomic E-state index is 12.5. The Bertz CT molecular complexity index is 872. The molecule has 2 aromatic rings. The van der Waals surface area contributed by atoms with Gasteiger partial charge in [0.2, 0.25) is 11.9 Å². The van der Waals surface area contributed by atoms with Crippen LogP contribution in [0.2, 0.25) is 0 Å². The van der Waals surface area contributed by atoms with Crippen LogP contribution < -0.4 is 10.2 Å². The zero-order valence-electron chi connectivity index (χ0n) is 14.9. The summed E-state index contributed by atoms with van der Waals surface area (Å²) in [6.07, 6.45) is 5.73. The number of rotatable bonds is 3. The number of fused-ring (bicyclic) bond motifs is 1. The minimum atomic E-state index is -0.0460. The lowest BCUT2D eigenvalue weighted by Crippen LogP contribution is -2.51. The Balaban J connectivity index is 1.83. The summed E-state index contributed by atoms with van der Waals surface area (Å²) in [7, 11) is 0. The highest BCUT2D eigenvalue weighted by molar-refractivity contribution is 5.94. The summed E-state index contributed by atoms with van der Waals surface area (Å²) in [5.41, 5.74) is 2.43. The van der Waals surface area contributed by atoms with E-state index in [1.807, 2.05) is 17.0 Å². The molecule has 132 valence electrons. The quantitative estimate of drug-likeness (QED) is 0.854. The lowest BCUT2D eigenvalue weighted by Gasteiger charge is -2.45. The van der Waals surface area contributed by atoms with Gasteiger partial charge >= 0.3 is 0 Å². The van der Waals surface area contributed by atoms with Gasteiger partial charge in [0, 0.05) is 37.0 Å². The van der Waals surface area contributed by atoms with Gasteiger partial charge in [-0.1, -0.05) is 13.0 Å². The molecule has 4 rings (SSSR count). The molecular weight excluding hydrogens is 326 g/mol. The van der Waals surface area contributed by atoms with Gasteiger partial charge in [0.15, 0.2) is 5.69 Å². The fraction of sp³-hybridized carbons (Fsp3) is 0.400. The molecule has 6 nitrogen and oxygen atoms in total. The van der Waals surface area contributed by atoms with E-state index in [-0.39, 0.29) is 23.9 Å². The Morgan fingerprint density at radius 2 is 2.04 bits per heavy atom. The molecule has 0 bridgehead atoms. The first-order valence-electron chi connectivity index (χ1n) is 8.95. The van der Waals surface area contributed by atoms with E-state index in [0.29, 0.717) is 17.6 Å². The predicted octanol–water partition coefficient (Wildman–Crippen LogP) is 3.96. The molecule has 1 N–H and O–H groups in total. The van der Waals surface area contributed by atoms with Gasteiger partial charge in [0.05, 0.1) is 12.6 Å². The Morgan fingerprint density at radius 1 is 1.31 bits per heavy atom. The van der Waals surface area contributed by atoms with Crippen LogP contribution in [-0.2, 0) is 4.79 Å². The number of nitrogens with one attached hydrogen (secondary N) is 1. The van der Waals surface area contributed by atoms with E-state index in [1.54, 1.807) is 31.5 Å². The average Bonchev–Trinajstić information content (AvgIpc) is 3.48. The molecule has 1 aromatic carbocycles. The molecule has 2 aliphatic rings. The molecule has 0 radical (unpaired) electrons. The lowest BCUT2D eigenvalue weighted by atomic mass is 9.80. The molecule has 1 amide bonds. The average molecular weight is 347 g/mol. The van der Waals surface area contributed by atoms with Gasteiger partial charge in [-0.25, -0.2) is 14.8 Å². The molecule has 1 fully saturated rings. The first-order valence-corrected chi connectivity index (χ1v) is 8.95. The van der Waals surface area contributed by atoms with Crippen molar-refractivity contribution in [2.45, 2.75) is 38.8 Å². The van der Waals surface area contributed by atoms with E-state index in [0.717, 1.165) is 24.1 Å². The van der Waals surface area contributed by atoms with Crippen molar-refractivity contribution >= 4 is 23.2 Å². The summed E-state index contributed by atoms with van der Waals surface area (Å²) >= 11 is 0. The van der Waals surface area contributed by atoms with Crippen molar-refractivity contribution in [3.8, 4) is 0 Å². The van der Waals surface area contributed by atoms with Crippen molar-refractivity contribution in [1.29, 1.82) is 0 Å². The van der Waals surface area contributed by atoms with Crippen LogP contribution in [-0.4, -0.2) is 21.9 Å². The molecule has 2 heterocycles. The normalized spacial score (nSPS) is 24.5. The molecule has 1 aromatic heterocycles. The summed E-state index contributed by atoms with van der Waals surface area (Å²) in [6.45, 7) is 11.2. The number of carbonyl (C=O) groups is 1. The van der Waals surface area contributed by atoms with Gasteiger partial charge in [-0.05, 0) is 42.5 Å². The number of aromatic nitrogens is 2. The molecule has 6 heteroatoms. The summed E-state index contributed by atoms with van der Waals surface area (Å²) in [6, 6.07) is 7.47. The molecule has 1 aliphatic heterocycles. The third-order valence-electron chi connectivity index (χ3n) is 5.39. The topological polar surface area (TPSA) is 62.5 Å². The second-order valence-electron chi connectivity index (χ2n) is 7.13. The standard InChI is InChI=1S/C20H21N5O/c1-12-18(24-20-22-9-4-10-23-20)16-11-15(21-3)7-8-17(16)25(13(2)26)19(12)14-5-6-14/h4,7-12,14,18-19H,5-6H2,1-2H3,(H,22,23,24)/t12-,18-,19-/m1/s1. The van der Waals surface area contributed by atoms with Gasteiger partial charge < -0.3 is 10.2 Å². The van der Waals surface area contributed by atoms with Crippen LogP contribution in [0.5, 0.6) is 0 Å². The largest absolute Gasteiger partial charge is 0.347 e. The Hall–Kier alpha value is -2.94. The fourth-order valence-corrected chi connectivity index (χ4v) is 4.14. The minimum absolute atomic E-state index is 0.0460. The summed E-state index contributed by atoms with van der Waals surface area (Å²) in [5.74, 6) is 1.33. The molecule has 26 heavy (non-hydrogen) atoms. The van der Waals surface area contributed by atoms with Crippen LogP contribution in [0.25, 0.3) is 4.85 Å². The van der Waals surface area contributed by atoms with Crippen LogP contribution in [0, 0.1) is 18.4 Å². The first-order chi connectivity index (χ1) is 12.6. The van der Waals surface area contributed by atoms with Crippen molar-refractivity contribution in [2.75, 3.05) is 10.2 Å². The smallest absolute Gasteiger partial charge is 0.224 e. The SMILES string of the molecule is [C-]#[N+]c1ccc2c(c1)[C@H](Nc1ncccn1)[C@@H](C)[C@H](C1CC1)N2C(C)=O. The highest BCUT2D eigenvalue weighted by atomic mass is 16.2. The van der Waals surface area contributed by atoms with Crippen LogP contribution in [0.3, 0.4) is 0 Å². The third kappa shape index (κ3) is 2.80. The third-order valence-corrected chi connectivity index (χ3v) is 5.39. The van der Waals surface area contributed by atoms with Crippen molar-refractivity contribution < 1.29 is 4.79 Å². The Kier molecular flexibility index (Phi) is 4.08. The van der Waals surface area contributed by atoms with Crippen molar-refractivity contribution in [3.63, 3.8) is 0 Å². The molecular formula is C20H21N5O. The van der Waals surface area contributed by atoms with E-state index in [2.05, 4.69) is 27.1 Å². The van der Waals surface area contributed by atoms with E-state index < -0.39 is 0 Å². The van der Waals surface area contributed by atoms with Crippen LogP contribution in [0.15, 0.2) is 36.7 Å².